The predicted octanol–water partition coefficient (Wildman–Crippen LogP) is 0.868. The lowest BCUT2D eigenvalue weighted by molar-refractivity contribution is -0.137. The molecule has 0 aliphatic heterocycles. The molecule has 1 aromatic rings. The van der Waals surface area contributed by atoms with Crippen molar-refractivity contribution >= 4 is 31.7 Å². The highest BCUT2D eigenvalue weighted by atomic mass is 35.7. The number of carboxylic acids is 2. The van der Waals surface area contributed by atoms with E-state index in [4.69, 9.17) is 20.9 Å². The van der Waals surface area contributed by atoms with E-state index in [2.05, 4.69) is 0 Å². The Morgan fingerprint density at radius 3 is 1.67 bits per heavy atom. The SMILES string of the molecule is O=C(O)Cc1cc(CC(=O)O)cc(S(=O)(=O)Cl)c1. The monoisotopic (exact) mass is 292 g/mol. The lowest BCUT2D eigenvalue weighted by atomic mass is 10.1. The summed E-state index contributed by atoms with van der Waals surface area (Å²) in [5.74, 6) is -2.30. The van der Waals surface area contributed by atoms with Gasteiger partial charge in [-0.25, -0.2) is 8.42 Å². The molecule has 0 aliphatic carbocycles. The maximum atomic E-state index is 11.2. The van der Waals surface area contributed by atoms with Gasteiger partial charge in [0.1, 0.15) is 0 Å². The van der Waals surface area contributed by atoms with E-state index in [1.165, 1.54) is 6.07 Å². The van der Waals surface area contributed by atoms with Gasteiger partial charge in [-0.2, -0.15) is 0 Å². The summed E-state index contributed by atoms with van der Waals surface area (Å²) in [6.07, 6.45) is -0.820. The zero-order valence-electron chi connectivity index (χ0n) is 8.96. The summed E-state index contributed by atoms with van der Waals surface area (Å²) < 4.78 is 22.4. The number of benzene rings is 1. The van der Waals surface area contributed by atoms with Crippen molar-refractivity contribution in [3.05, 3.63) is 29.3 Å². The van der Waals surface area contributed by atoms with E-state index in [-0.39, 0.29) is 16.0 Å². The molecule has 2 N–H and O–H groups in total. The molecule has 18 heavy (non-hydrogen) atoms. The molecule has 0 fully saturated rings. The van der Waals surface area contributed by atoms with Crippen LogP contribution in [0.1, 0.15) is 11.1 Å². The van der Waals surface area contributed by atoms with Crippen LogP contribution in [0.25, 0.3) is 0 Å². The van der Waals surface area contributed by atoms with E-state index >= 15 is 0 Å². The van der Waals surface area contributed by atoms with E-state index in [1.807, 2.05) is 0 Å². The molecule has 8 heteroatoms. The summed E-state index contributed by atoms with van der Waals surface area (Å²) in [4.78, 5) is 20.8. The standard InChI is InChI=1S/C10H9ClO6S/c11-18(16,17)8-2-6(4-9(12)13)1-7(3-8)5-10(14)15/h1-3H,4-5H2,(H,12,13)(H,14,15). The van der Waals surface area contributed by atoms with Crippen LogP contribution in [0.3, 0.4) is 0 Å². The fourth-order valence-corrected chi connectivity index (χ4v) is 2.27. The lowest BCUT2D eigenvalue weighted by Crippen LogP contribution is -2.06. The van der Waals surface area contributed by atoms with Gasteiger partial charge in [0.25, 0.3) is 9.05 Å². The molecular formula is C10H9ClO6S. The molecule has 98 valence electrons. The Kier molecular flexibility index (Phi) is 4.31. The van der Waals surface area contributed by atoms with Gasteiger partial charge in [0, 0.05) is 10.7 Å². The average molecular weight is 293 g/mol. The van der Waals surface area contributed by atoms with Gasteiger partial charge < -0.3 is 10.2 Å². The van der Waals surface area contributed by atoms with Gasteiger partial charge in [-0.1, -0.05) is 6.07 Å². The first-order chi connectivity index (χ1) is 8.18. The molecule has 0 aliphatic rings. The van der Waals surface area contributed by atoms with Crippen molar-refractivity contribution in [1.29, 1.82) is 0 Å². The number of rotatable bonds is 5. The van der Waals surface area contributed by atoms with E-state index in [9.17, 15) is 18.0 Å². The van der Waals surface area contributed by atoms with Crippen molar-refractivity contribution in [3.63, 3.8) is 0 Å². The van der Waals surface area contributed by atoms with Crippen molar-refractivity contribution in [1.82, 2.24) is 0 Å². The van der Waals surface area contributed by atoms with Crippen molar-refractivity contribution in [3.8, 4) is 0 Å². The molecule has 1 rings (SSSR count). The molecule has 0 spiro atoms. The van der Waals surface area contributed by atoms with Gasteiger partial charge >= 0.3 is 11.9 Å². The summed E-state index contributed by atoms with van der Waals surface area (Å²) in [5, 5.41) is 17.3. The highest BCUT2D eigenvalue weighted by Gasteiger charge is 2.15. The quantitative estimate of drug-likeness (QED) is 0.779. The molecular weight excluding hydrogens is 284 g/mol. The molecule has 1 aromatic carbocycles. The molecule has 0 radical (unpaired) electrons. The number of aliphatic carboxylic acids is 2. The second-order valence-electron chi connectivity index (χ2n) is 3.56. The first-order valence-electron chi connectivity index (χ1n) is 4.69. The van der Waals surface area contributed by atoms with E-state index < -0.39 is 33.8 Å². The molecule has 0 saturated heterocycles. The summed E-state index contributed by atoms with van der Waals surface area (Å²) in [5.41, 5.74) is 0.362. The molecule has 0 bridgehead atoms. The topological polar surface area (TPSA) is 109 Å². The Bertz CT molecular complexity index is 558. The zero-order valence-corrected chi connectivity index (χ0v) is 10.5. The van der Waals surface area contributed by atoms with Crippen LogP contribution in [-0.4, -0.2) is 30.6 Å². The van der Waals surface area contributed by atoms with Crippen molar-refractivity contribution in [2.24, 2.45) is 0 Å². The van der Waals surface area contributed by atoms with Gasteiger partial charge in [0.15, 0.2) is 0 Å². The largest absolute Gasteiger partial charge is 0.481 e. The fourth-order valence-electron chi connectivity index (χ4n) is 1.42. The van der Waals surface area contributed by atoms with Crippen LogP contribution >= 0.6 is 10.7 Å². The molecule has 0 heterocycles. The van der Waals surface area contributed by atoms with Gasteiger partial charge in [0.2, 0.25) is 0 Å². The second-order valence-corrected chi connectivity index (χ2v) is 6.13. The minimum atomic E-state index is -4.03. The Labute approximate surface area is 107 Å². The molecule has 0 aromatic heterocycles. The Balaban J connectivity index is 3.28. The van der Waals surface area contributed by atoms with Crippen LogP contribution in [-0.2, 0) is 31.5 Å². The lowest BCUT2D eigenvalue weighted by Gasteiger charge is -2.05. The summed E-state index contributed by atoms with van der Waals surface area (Å²) >= 11 is 0. The Hall–Kier alpha value is -1.60. The van der Waals surface area contributed by atoms with Crippen LogP contribution in [0, 0.1) is 0 Å². The fraction of sp³-hybridized carbons (Fsp3) is 0.200. The van der Waals surface area contributed by atoms with Crippen LogP contribution in [0.4, 0.5) is 0 Å². The number of carboxylic acid groups (broad SMARTS) is 2. The number of hydrogen-bond donors (Lipinski definition) is 2. The van der Waals surface area contributed by atoms with Gasteiger partial charge in [-0.3, -0.25) is 9.59 Å². The van der Waals surface area contributed by atoms with Crippen molar-refractivity contribution < 1.29 is 28.2 Å². The number of hydrogen-bond acceptors (Lipinski definition) is 4. The van der Waals surface area contributed by atoms with Crippen LogP contribution in [0.5, 0.6) is 0 Å². The first kappa shape index (κ1) is 14.5. The molecule has 0 amide bonds. The Morgan fingerprint density at radius 1 is 1.00 bits per heavy atom. The van der Waals surface area contributed by atoms with Crippen molar-refractivity contribution in [2.75, 3.05) is 0 Å². The van der Waals surface area contributed by atoms with Gasteiger partial charge in [-0.05, 0) is 23.3 Å². The normalized spacial score (nSPS) is 11.2. The molecule has 0 unspecified atom stereocenters. The summed E-state index contributed by atoms with van der Waals surface area (Å²) in [6, 6.07) is 3.55. The second kappa shape index (κ2) is 5.36. The van der Waals surface area contributed by atoms with Crippen LogP contribution in [0.15, 0.2) is 23.1 Å². The van der Waals surface area contributed by atoms with E-state index in [1.54, 1.807) is 0 Å². The third kappa shape index (κ3) is 4.34. The minimum absolute atomic E-state index is 0.181. The van der Waals surface area contributed by atoms with Crippen LogP contribution < -0.4 is 0 Å². The summed E-state index contributed by atoms with van der Waals surface area (Å²) in [6.45, 7) is 0. The smallest absolute Gasteiger partial charge is 0.307 e. The van der Waals surface area contributed by atoms with Gasteiger partial charge in [0.05, 0.1) is 17.7 Å². The molecule has 6 nitrogen and oxygen atoms in total. The zero-order chi connectivity index (χ0) is 13.9. The maximum Gasteiger partial charge on any atom is 0.307 e. The highest BCUT2D eigenvalue weighted by molar-refractivity contribution is 8.13. The Morgan fingerprint density at radius 2 is 1.39 bits per heavy atom. The molecule has 0 saturated carbocycles. The molecule has 0 atom stereocenters. The number of halogens is 1. The number of carbonyl (C=O) groups is 2. The summed E-state index contributed by atoms with van der Waals surface area (Å²) in [7, 11) is 1.12. The first-order valence-corrected chi connectivity index (χ1v) is 7.00. The van der Waals surface area contributed by atoms with Gasteiger partial charge in [-0.15, -0.1) is 0 Å². The highest BCUT2D eigenvalue weighted by Crippen LogP contribution is 2.20. The average Bonchev–Trinajstić information content (AvgIpc) is 2.13. The predicted molar refractivity (Wildman–Crippen MR) is 62.2 cm³/mol. The van der Waals surface area contributed by atoms with E-state index in [0.29, 0.717) is 0 Å². The van der Waals surface area contributed by atoms with Crippen LogP contribution in [0.2, 0.25) is 0 Å². The maximum absolute atomic E-state index is 11.2. The minimum Gasteiger partial charge on any atom is -0.481 e. The van der Waals surface area contributed by atoms with E-state index in [0.717, 1.165) is 12.1 Å². The van der Waals surface area contributed by atoms with Crippen molar-refractivity contribution in [2.45, 2.75) is 17.7 Å². The third-order valence-electron chi connectivity index (χ3n) is 2.02. The third-order valence-corrected chi connectivity index (χ3v) is 3.35.